The summed E-state index contributed by atoms with van der Waals surface area (Å²) in [6, 6.07) is 2.07. The third kappa shape index (κ3) is 2.77. The molecule has 7 heteroatoms. The van der Waals surface area contributed by atoms with Crippen LogP contribution in [0.3, 0.4) is 0 Å². The molecule has 2 amide bonds. The predicted octanol–water partition coefficient (Wildman–Crippen LogP) is 1.50. The molecule has 1 saturated heterocycles. The number of phenols is 1. The Balaban J connectivity index is 2.06. The van der Waals surface area contributed by atoms with Crippen molar-refractivity contribution in [1.82, 2.24) is 10.2 Å². The van der Waals surface area contributed by atoms with Crippen molar-refractivity contribution < 1.29 is 19.1 Å². The molecule has 0 atom stereocenters. The number of nitrogens with one attached hydrogen (secondary N) is 1. The number of amides is 2. The fraction of sp³-hybridized carbons (Fsp3) is 0.385. The number of halogens is 2. The van der Waals surface area contributed by atoms with Crippen LogP contribution in [0.15, 0.2) is 16.6 Å². The largest absolute Gasteiger partial charge is 0.506 e. The van der Waals surface area contributed by atoms with Crippen LogP contribution >= 0.6 is 15.9 Å². The van der Waals surface area contributed by atoms with Gasteiger partial charge >= 0.3 is 0 Å². The Labute approximate surface area is 123 Å². The van der Waals surface area contributed by atoms with Gasteiger partial charge in [-0.2, -0.15) is 0 Å². The summed E-state index contributed by atoms with van der Waals surface area (Å²) in [4.78, 5) is 25.1. The normalized spacial score (nSPS) is 14.8. The summed E-state index contributed by atoms with van der Waals surface area (Å²) in [6.07, 6.45) is 0. The molecule has 0 spiro atoms. The summed E-state index contributed by atoms with van der Waals surface area (Å²) in [5.41, 5.74) is -0.105. The molecule has 0 radical (unpaired) electrons. The lowest BCUT2D eigenvalue weighted by Crippen LogP contribution is -2.55. The van der Waals surface area contributed by atoms with E-state index in [-0.39, 0.29) is 40.7 Å². The van der Waals surface area contributed by atoms with E-state index in [1.165, 1.54) is 4.90 Å². The summed E-state index contributed by atoms with van der Waals surface area (Å²) in [6.45, 7) is 2.92. The average molecular weight is 345 g/mol. The number of nitrogens with zero attached hydrogens (tertiary/aromatic N) is 1. The molecule has 1 aromatic rings. The first-order chi connectivity index (χ1) is 9.43. The van der Waals surface area contributed by atoms with E-state index in [0.717, 1.165) is 12.1 Å². The zero-order valence-electron chi connectivity index (χ0n) is 10.8. The van der Waals surface area contributed by atoms with Gasteiger partial charge in [-0.25, -0.2) is 4.39 Å². The SMILES string of the molecule is CCNC(=O)C1CN(C(=O)c2cc(F)cc(Br)c2O)C1. The first kappa shape index (κ1) is 14.8. The second-order valence-corrected chi connectivity index (χ2v) is 5.44. The number of carbonyl (C=O) groups is 2. The van der Waals surface area contributed by atoms with Crippen molar-refractivity contribution in [1.29, 1.82) is 0 Å². The van der Waals surface area contributed by atoms with Crippen molar-refractivity contribution in [3.63, 3.8) is 0 Å². The summed E-state index contributed by atoms with van der Waals surface area (Å²) in [5.74, 6) is -1.72. The maximum Gasteiger partial charge on any atom is 0.257 e. The monoisotopic (exact) mass is 344 g/mol. The summed E-state index contributed by atoms with van der Waals surface area (Å²) < 4.78 is 13.4. The molecule has 1 fully saturated rings. The van der Waals surface area contributed by atoms with Crippen LogP contribution in [0.2, 0.25) is 0 Å². The van der Waals surface area contributed by atoms with Gasteiger partial charge in [0.1, 0.15) is 11.6 Å². The highest BCUT2D eigenvalue weighted by molar-refractivity contribution is 9.10. The molecule has 0 aliphatic carbocycles. The van der Waals surface area contributed by atoms with E-state index in [1.54, 1.807) is 0 Å². The Morgan fingerprint density at radius 1 is 1.50 bits per heavy atom. The minimum atomic E-state index is -0.612. The van der Waals surface area contributed by atoms with Crippen LogP contribution in [0, 0.1) is 11.7 Å². The fourth-order valence-corrected chi connectivity index (χ4v) is 2.46. The van der Waals surface area contributed by atoms with Crippen LogP contribution in [0.25, 0.3) is 0 Å². The third-order valence-electron chi connectivity index (χ3n) is 3.15. The van der Waals surface area contributed by atoms with Crippen molar-refractivity contribution in [2.24, 2.45) is 5.92 Å². The highest BCUT2D eigenvalue weighted by Gasteiger charge is 2.36. The van der Waals surface area contributed by atoms with E-state index in [4.69, 9.17) is 0 Å². The topological polar surface area (TPSA) is 69.6 Å². The highest BCUT2D eigenvalue weighted by Crippen LogP contribution is 2.31. The lowest BCUT2D eigenvalue weighted by Gasteiger charge is -2.38. The van der Waals surface area contributed by atoms with Crippen LogP contribution in [0.5, 0.6) is 5.75 Å². The Hall–Kier alpha value is -1.63. The molecule has 1 aliphatic heterocycles. The van der Waals surface area contributed by atoms with Crippen molar-refractivity contribution in [2.45, 2.75) is 6.92 Å². The van der Waals surface area contributed by atoms with Gasteiger partial charge in [-0.15, -0.1) is 0 Å². The Kier molecular flexibility index (Phi) is 4.27. The molecule has 0 aromatic heterocycles. The standard InChI is InChI=1S/C13H14BrFN2O3/c1-2-16-12(19)7-5-17(6-7)13(20)9-3-8(15)4-10(14)11(9)18/h3-4,7,18H,2,5-6H2,1H3,(H,16,19). The van der Waals surface area contributed by atoms with E-state index >= 15 is 0 Å². The van der Waals surface area contributed by atoms with E-state index in [1.807, 2.05) is 6.92 Å². The number of hydrogen-bond acceptors (Lipinski definition) is 3. The Bertz CT molecular complexity index is 559. The molecular weight excluding hydrogens is 331 g/mol. The number of benzene rings is 1. The molecule has 1 aromatic carbocycles. The molecule has 1 heterocycles. The Morgan fingerprint density at radius 2 is 2.15 bits per heavy atom. The van der Waals surface area contributed by atoms with E-state index in [0.29, 0.717) is 6.54 Å². The molecule has 1 aliphatic rings. The minimum Gasteiger partial charge on any atom is -0.506 e. The second-order valence-electron chi connectivity index (χ2n) is 4.59. The molecule has 108 valence electrons. The van der Waals surface area contributed by atoms with Gasteiger partial charge in [-0.05, 0) is 35.0 Å². The molecular formula is C13H14BrFN2O3. The van der Waals surface area contributed by atoms with Crippen LogP contribution in [0.4, 0.5) is 4.39 Å². The van der Waals surface area contributed by atoms with Gasteiger partial charge in [0.15, 0.2) is 0 Å². The summed E-state index contributed by atoms with van der Waals surface area (Å²) in [7, 11) is 0. The lowest BCUT2D eigenvalue weighted by molar-refractivity contribution is -0.128. The average Bonchev–Trinajstić information content (AvgIpc) is 2.32. The van der Waals surface area contributed by atoms with Gasteiger partial charge in [0.2, 0.25) is 5.91 Å². The molecule has 2 rings (SSSR count). The number of carbonyl (C=O) groups excluding carboxylic acids is 2. The molecule has 5 nitrogen and oxygen atoms in total. The quantitative estimate of drug-likeness (QED) is 0.872. The molecule has 20 heavy (non-hydrogen) atoms. The fourth-order valence-electron chi connectivity index (χ4n) is 2.03. The molecule has 2 N–H and O–H groups in total. The second kappa shape index (κ2) is 5.78. The van der Waals surface area contributed by atoms with E-state index in [2.05, 4.69) is 21.2 Å². The first-order valence-electron chi connectivity index (χ1n) is 6.19. The van der Waals surface area contributed by atoms with Gasteiger partial charge in [-0.1, -0.05) is 0 Å². The third-order valence-corrected chi connectivity index (χ3v) is 3.75. The number of phenolic OH excluding ortho intramolecular Hbond substituents is 1. The van der Waals surface area contributed by atoms with Crippen LogP contribution in [-0.2, 0) is 4.79 Å². The number of hydrogen-bond donors (Lipinski definition) is 2. The van der Waals surface area contributed by atoms with Gasteiger partial charge < -0.3 is 15.3 Å². The van der Waals surface area contributed by atoms with Crippen molar-refractivity contribution in [3.8, 4) is 5.75 Å². The molecule has 0 saturated carbocycles. The van der Waals surface area contributed by atoms with Crippen LogP contribution < -0.4 is 5.32 Å². The summed E-state index contributed by atoms with van der Waals surface area (Å²) >= 11 is 2.99. The zero-order chi connectivity index (χ0) is 14.9. The van der Waals surface area contributed by atoms with Crippen molar-refractivity contribution >= 4 is 27.7 Å². The minimum absolute atomic E-state index is 0.0961. The van der Waals surface area contributed by atoms with Crippen molar-refractivity contribution in [3.05, 3.63) is 28.0 Å². The first-order valence-corrected chi connectivity index (χ1v) is 6.98. The summed E-state index contributed by atoms with van der Waals surface area (Å²) in [5, 5.41) is 12.5. The van der Waals surface area contributed by atoms with Gasteiger partial charge in [0.25, 0.3) is 5.91 Å². The number of aromatic hydroxyl groups is 1. The Morgan fingerprint density at radius 3 is 2.75 bits per heavy atom. The van der Waals surface area contributed by atoms with Crippen LogP contribution in [0.1, 0.15) is 17.3 Å². The molecule has 0 unspecified atom stereocenters. The van der Waals surface area contributed by atoms with Gasteiger partial charge in [0.05, 0.1) is 16.0 Å². The van der Waals surface area contributed by atoms with Gasteiger partial charge in [-0.3, -0.25) is 9.59 Å². The van der Waals surface area contributed by atoms with E-state index in [9.17, 15) is 19.1 Å². The smallest absolute Gasteiger partial charge is 0.257 e. The maximum atomic E-state index is 13.3. The lowest BCUT2D eigenvalue weighted by atomic mass is 9.97. The number of likely N-dealkylation sites (tertiary alicyclic amines) is 1. The zero-order valence-corrected chi connectivity index (χ0v) is 12.4. The van der Waals surface area contributed by atoms with Crippen LogP contribution in [-0.4, -0.2) is 41.5 Å². The predicted molar refractivity (Wildman–Crippen MR) is 73.8 cm³/mol. The highest BCUT2D eigenvalue weighted by atomic mass is 79.9. The van der Waals surface area contributed by atoms with Crippen molar-refractivity contribution in [2.75, 3.05) is 19.6 Å². The molecule has 0 bridgehead atoms. The maximum absolute atomic E-state index is 13.3. The van der Waals surface area contributed by atoms with E-state index < -0.39 is 11.7 Å². The number of rotatable bonds is 3. The van der Waals surface area contributed by atoms with Gasteiger partial charge in [0, 0.05) is 19.6 Å².